The molecule has 0 spiro atoms. The number of halogens is 2. The van der Waals surface area contributed by atoms with Gasteiger partial charge >= 0.3 is 5.97 Å². The molecule has 0 amide bonds. The lowest BCUT2D eigenvalue weighted by Gasteiger charge is -2.07. The molecule has 1 N–H and O–H groups in total. The zero-order valence-electron chi connectivity index (χ0n) is 8.84. The van der Waals surface area contributed by atoms with Gasteiger partial charge in [0.15, 0.2) is 5.43 Å². The zero-order valence-corrected chi connectivity index (χ0v) is 8.84. The fourth-order valence-corrected chi connectivity index (χ4v) is 1.29. The van der Waals surface area contributed by atoms with Gasteiger partial charge in [-0.3, -0.25) is 9.59 Å². The number of rotatable bonds is 3. The molecule has 6 heteroatoms. The maximum Gasteiger partial charge on any atom is 0.310 e. The molecule has 0 aliphatic carbocycles. The van der Waals surface area contributed by atoms with Crippen molar-refractivity contribution in [2.45, 2.75) is 19.8 Å². The summed E-state index contributed by atoms with van der Waals surface area (Å²) in [4.78, 5) is 24.8. The van der Waals surface area contributed by atoms with E-state index in [-0.39, 0.29) is 17.7 Å². The molecule has 88 valence electrons. The first kappa shape index (κ1) is 12.4. The van der Waals surface area contributed by atoms with Crippen LogP contribution in [0, 0.1) is 6.92 Å². The van der Waals surface area contributed by atoms with Gasteiger partial charge in [0.1, 0.15) is 0 Å². The van der Waals surface area contributed by atoms with Crippen molar-refractivity contribution < 1.29 is 18.3 Å². The Balaban J connectivity index is 3.13. The first-order chi connectivity index (χ1) is 7.45. The highest BCUT2D eigenvalue weighted by molar-refractivity contribution is 5.72. The Hall–Kier alpha value is -1.72. The fraction of sp³-hybridized carbons (Fsp3) is 0.400. The van der Waals surface area contributed by atoms with E-state index in [4.69, 9.17) is 0 Å². The number of pyridine rings is 1. The van der Waals surface area contributed by atoms with Crippen LogP contribution in [0.5, 0.6) is 0 Å². The minimum atomic E-state index is -2.74. The molecule has 0 radical (unpaired) electrons. The van der Waals surface area contributed by atoms with Crippen LogP contribution in [-0.2, 0) is 16.0 Å². The number of H-pyrrole nitrogens is 1. The van der Waals surface area contributed by atoms with Crippen LogP contribution in [-0.4, -0.2) is 18.1 Å². The van der Waals surface area contributed by atoms with Crippen LogP contribution in [0.3, 0.4) is 0 Å². The van der Waals surface area contributed by atoms with Gasteiger partial charge in [-0.05, 0) is 6.92 Å². The predicted molar refractivity (Wildman–Crippen MR) is 52.5 cm³/mol. The number of aromatic amines is 1. The highest BCUT2D eigenvalue weighted by Gasteiger charge is 2.15. The Morgan fingerprint density at radius 2 is 2.19 bits per heavy atom. The van der Waals surface area contributed by atoms with E-state index in [1.165, 1.54) is 14.0 Å². The Morgan fingerprint density at radius 3 is 2.62 bits per heavy atom. The van der Waals surface area contributed by atoms with Crippen molar-refractivity contribution >= 4 is 5.97 Å². The van der Waals surface area contributed by atoms with Crippen LogP contribution < -0.4 is 5.43 Å². The molecule has 1 aromatic heterocycles. The van der Waals surface area contributed by atoms with Crippen molar-refractivity contribution in [1.29, 1.82) is 0 Å². The summed E-state index contributed by atoms with van der Waals surface area (Å²) in [5.41, 5.74) is -0.627. The van der Waals surface area contributed by atoms with Crippen LogP contribution in [0.25, 0.3) is 0 Å². The highest BCUT2D eigenvalue weighted by Crippen LogP contribution is 2.15. The van der Waals surface area contributed by atoms with Crippen molar-refractivity contribution in [2.24, 2.45) is 0 Å². The number of hydrogen-bond donors (Lipinski definition) is 1. The van der Waals surface area contributed by atoms with Gasteiger partial charge in [0.25, 0.3) is 6.43 Å². The summed E-state index contributed by atoms with van der Waals surface area (Å²) in [5.74, 6) is -0.585. The molecular weight excluding hydrogens is 220 g/mol. The molecule has 0 saturated carbocycles. The largest absolute Gasteiger partial charge is 0.469 e. The molecule has 1 rings (SSSR count). The number of carbonyl (C=O) groups excluding carboxylic acids is 1. The highest BCUT2D eigenvalue weighted by atomic mass is 19.3. The lowest BCUT2D eigenvalue weighted by Crippen LogP contribution is -2.18. The van der Waals surface area contributed by atoms with Gasteiger partial charge in [0, 0.05) is 17.3 Å². The van der Waals surface area contributed by atoms with Gasteiger partial charge in [-0.1, -0.05) is 0 Å². The van der Waals surface area contributed by atoms with Gasteiger partial charge in [-0.25, -0.2) is 8.78 Å². The Kier molecular flexibility index (Phi) is 3.76. The van der Waals surface area contributed by atoms with Crippen molar-refractivity contribution in [1.82, 2.24) is 4.98 Å². The lowest BCUT2D eigenvalue weighted by molar-refractivity contribution is -0.139. The van der Waals surface area contributed by atoms with Crippen molar-refractivity contribution in [3.8, 4) is 0 Å². The van der Waals surface area contributed by atoms with Crippen LogP contribution in [0.2, 0.25) is 0 Å². The van der Waals surface area contributed by atoms with E-state index in [1.54, 1.807) is 0 Å². The molecule has 16 heavy (non-hydrogen) atoms. The Bertz CT molecular complexity index is 454. The third-order valence-corrected chi connectivity index (χ3v) is 2.15. The Labute approximate surface area is 90.2 Å². The molecule has 1 heterocycles. The monoisotopic (exact) mass is 231 g/mol. The second-order valence-corrected chi connectivity index (χ2v) is 3.25. The molecule has 0 saturated heterocycles. The molecule has 0 atom stereocenters. The first-order valence-electron chi connectivity index (χ1n) is 4.53. The molecular formula is C10H11F2NO3. The Morgan fingerprint density at radius 1 is 1.56 bits per heavy atom. The van der Waals surface area contributed by atoms with Crippen LogP contribution in [0.4, 0.5) is 8.78 Å². The summed E-state index contributed by atoms with van der Waals surface area (Å²) in [6, 6.07) is 0.802. The van der Waals surface area contributed by atoms with Crippen molar-refractivity contribution in [3.63, 3.8) is 0 Å². The number of aryl methyl sites for hydroxylation is 1. The minimum Gasteiger partial charge on any atom is -0.469 e. The molecule has 0 aromatic carbocycles. The van der Waals surface area contributed by atoms with Crippen molar-refractivity contribution in [2.75, 3.05) is 7.11 Å². The zero-order chi connectivity index (χ0) is 12.3. The van der Waals surface area contributed by atoms with Gasteiger partial charge in [-0.2, -0.15) is 0 Å². The summed E-state index contributed by atoms with van der Waals surface area (Å²) >= 11 is 0. The third-order valence-electron chi connectivity index (χ3n) is 2.15. The van der Waals surface area contributed by atoms with E-state index in [9.17, 15) is 18.4 Å². The molecule has 0 aliphatic rings. The van der Waals surface area contributed by atoms with Crippen LogP contribution in [0.1, 0.15) is 23.4 Å². The summed E-state index contributed by atoms with van der Waals surface area (Å²) < 4.78 is 29.1. The standard InChI is InChI=1S/C10H11F2NO3/c1-5-6(3-9(15)16-2)8(14)4-7(13-5)10(11)12/h4,10H,3H2,1-2H3,(H,13,14). The summed E-state index contributed by atoms with van der Waals surface area (Å²) in [6.45, 7) is 1.46. The molecule has 4 nitrogen and oxygen atoms in total. The second-order valence-electron chi connectivity index (χ2n) is 3.25. The molecule has 0 fully saturated rings. The molecule has 1 aromatic rings. The minimum absolute atomic E-state index is 0.149. The van der Waals surface area contributed by atoms with E-state index >= 15 is 0 Å². The van der Waals surface area contributed by atoms with Gasteiger partial charge in [-0.15, -0.1) is 0 Å². The van der Waals surface area contributed by atoms with E-state index in [2.05, 4.69) is 9.72 Å². The smallest absolute Gasteiger partial charge is 0.310 e. The summed E-state index contributed by atoms with van der Waals surface area (Å²) in [6.07, 6.45) is -2.96. The van der Waals surface area contributed by atoms with E-state index in [0.717, 1.165) is 6.07 Å². The maximum absolute atomic E-state index is 12.3. The fourth-order valence-electron chi connectivity index (χ4n) is 1.29. The first-order valence-corrected chi connectivity index (χ1v) is 4.53. The average molecular weight is 231 g/mol. The summed E-state index contributed by atoms with van der Waals surface area (Å²) in [5, 5.41) is 0. The number of aromatic nitrogens is 1. The number of ether oxygens (including phenoxy) is 1. The normalized spacial score (nSPS) is 10.6. The quantitative estimate of drug-likeness (QED) is 0.798. The number of nitrogens with one attached hydrogen (secondary N) is 1. The van der Waals surface area contributed by atoms with E-state index < -0.39 is 23.5 Å². The second kappa shape index (κ2) is 4.87. The molecule has 0 bridgehead atoms. The molecule has 0 unspecified atom stereocenters. The number of esters is 1. The maximum atomic E-state index is 12.3. The average Bonchev–Trinajstić information content (AvgIpc) is 2.22. The van der Waals surface area contributed by atoms with Crippen LogP contribution in [0.15, 0.2) is 10.9 Å². The third kappa shape index (κ3) is 2.65. The number of hydrogen-bond acceptors (Lipinski definition) is 3. The number of methoxy groups -OCH3 is 1. The number of carbonyl (C=O) groups is 1. The van der Waals surface area contributed by atoms with E-state index in [0.29, 0.717) is 0 Å². The van der Waals surface area contributed by atoms with Gasteiger partial charge in [0.05, 0.1) is 19.2 Å². The van der Waals surface area contributed by atoms with Gasteiger partial charge < -0.3 is 9.72 Å². The number of alkyl halides is 2. The SMILES string of the molecule is COC(=O)Cc1c(C)[nH]c(C(F)F)cc1=O. The van der Waals surface area contributed by atoms with Crippen LogP contribution >= 0.6 is 0 Å². The van der Waals surface area contributed by atoms with E-state index in [1.807, 2.05) is 0 Å². The van der Waals surface area contributed by atoms with Gasteiger partial charge in [0.2, 0.25) is 0 Å². The molecule has 0 aliphatic heterocycles. The predicted octanol–water partition coefficient (Wildman–Crippen LogP) is 1.34. The topological polar surface area (TPSA) is 59.2 Å². The lowest BCUT2D eigenvalue weighted by atomic mass is 10.1. The van der Waals surface area contributed by atoms with Crippen molar-refractivity contribution in [3.05, 3.63) is 33.2 Å². The summed E-state index contributed by atoms with van der Waals surface area (Å²) in [7, 11) is 1.19.